The minimum atomic E-state index is -0.552. The topological polar surface area (TPSA) is 104 Å². The monoisotopic (exact) mass is 1490 g/mol. The van der Waals surface area contributed by atoms with Gasteiger partial charge in [-0.05, 0) is 171 Å². The summed E-state index contributed by atoms with van der Waals surface area (Å²) in [6.07, 6.45) is 0. The Kier molecular flexibility index (Phi) is 15.3. The highest BCUT2D eigenvalue weighted by Crippen LogP contribution is 2.59. The lowest BCUT2D eigenvalue weighted by Crippen LogP contribution is -2.28. The van der Waals surface area contributed by atoms with E-state index in [1.54, 1.807) is 0 Å². The molecule has 0 unspecified atom stereocenters. The Hall–Kier alpha value is -15.1. The third kappa shape index (κ3) is 10.5. The van der Waals surface area contributed by atoms with Crippen molar-refractivity contribution in [3.05, 3.63) is 444 Å². The first-order valence-corrected chi connectivity index (χ1v) is 40.0. The molecule has 21 aromatic rings. The van der Waals surface area contributed by atoms with E-state index in [-0.39, 0.29) is 5.41 Å². The van der Waals surface area contributed by atoms with Crippen molar-refractivity contribution in [3.63, 3.8) is 0 Å². The average molecular weight is 1500 g/mol. The lowest BCUT2D eigenvalue weighted by molar-refractivity contribution is 0.660. The number of benzene rings is 17. The van der Waals surface area contributed by atoms with Crippen LogP contribution >= 0.6 is 0 Å². The molecule has 8 heteroatoms. The predicted molar refractivity (Wildman–Crippen MR) is 474 cm³/mol. The highest BCUT2D eigenvalue weighted by atomic mass is 16.3. The molecule has 0 aliphatic heterocycles. The van der Waals surface area contributed by atoms with E-state index in [4.69, 9.17) is 38.7 Å². The molecule has 24 rings (SSSR count). The Bertz CT molecular complexity index is 7560. The van der Waals surface area contributed by atoms with Gasteiger partial charge in [-0.2, -0.15) is 0 Å². The van der Waals surface area contributed by atoms with Crippen molar-refractivity contribution in [1.82, 2.24) is 29.9 Å². The van der Waals surface area contributed by atoms with E-state index >= 15 is 0 Å². The summed E-state index contributed by atoms with van der Waals surface area (Å²) in [5.74, 6) is 3.64. The van der Waals surface area contributed by atoms with Gasteiger partial charge in [-0.15, -0.1) is 0 Å². The molecule has 0 atom stereocenters. The molecule has 4 aromatic heterocycles. The van der Waals surface area contributed by atoms with Crippen LogP contribution in [-0.4, -0.2) is 29.9 Å². The van der Waals surface area contributed by atoms with Crippen LogP contribution < -0.4 is 0 Å². The van der Waals surface area contributed by atoms with Crippen LogP contribution in [0.2, 0.25) is 0 Å². The van der Waals surface area contributed by atoms with Crippen LogP contribution in [0.5, 0.6) is 0 Å². The number of aromatic nitrogens is 6. The first kappa shape index (κ1) is 67.6. The van der Waals surface area contributed by atoms with E-state index in [0.717, 1.165) is 105 Å². The van der Waals surface area contributed by atoms with Crippen molar-refractivity contribution < 1.29 is 8.83 Å². The minimum Gasteiger partial charge on any atom is -0.456 e. The van der Waals surface area contributed by atoms with E-state index in [1.165, 1.54) is 83.3 Å². The van der Waals surface area contributed by atoms with Crippen molar-refractivity contribution in [2.75, 3.05) is 0 Å². The molecule has 0 saturated heterocycles. The largest absolute Gasteiger partial charge is 0.456 e. The van der Waals surface area contributed by atoms with Gasteiger partial charge in [0.2, 0.25) is 0 Å². The van der Waals surface area contributed by atoms with Crippen LogP contribution in [0.3, 0.4) is 0 Å². The number of para-hydroxylation sites is 2. The van der Waals surface area contributed by atoms with E-state index in [2.05, 4.69) is 366 Å². The molecule has 0 amide bonds. The van der Waals surface area contributed by atoms with Crippen molar-refractivity contribution >= 4 is 65.4 Å². The molecule has 548 valence electrons. The maximum absolute atomic E-state index is 6.36. The maximum Gasteiger partial charge on any atom is 0.164 e. The molecule has 0 saturated carbocycles. The molecule has 3 aliphatic carbocycles. The highest BCUT2D eigenvalue weighted by Gasteiger charge is 2.48. The minimum absolute atomic E-state index is 0.166. The molecule has 17 aromatic carbocycles. The van der Waals surface area contributed by atoms with Gasteiger partial charge in [0.05, 0.1) is 10.8 Å². The fourth-order valence-corrected chi connectivity index (χ4v) is 19.5. The molecule has 0 N–H and O–H groups in total. The number of rotatable bonds is 10. The number of nitrogens with zero attached hydrogens (tertiary/aromatic N) is 6. The molecular weight excluding hydrogens is 1430 g/mol. The summed E-state index contributed by atoms with van der Waals surface area (Å²) in [5.41, 5.74) is 27.5. The number of fused-ring (bicyclic) bond motifs is 18. The Morgan fingerprint density at radius 3 is 0.983 bits per heavy atom. The van der Waals surface area contributed by atoms with Crippen LogP contribution in [0.15, 0.2) is 397 Å². The first-order valence-electron chi connectivity index (χ1n) is 40.0. The summed E-state index contributed by atoms with van der Waals surface area (Å²) in [4.78, 5) is 31.8. The summed E-state index contributed by atoms with van der Waals surface area (Å²) in [7, 11) is 0. The zero-order valence-corrected chi connectivity index (χ0v) is 64.0. The molecule has 4 heterocycles. The van der Waals surface area contributed by atoms with Gasteiger partial charge in [0.25, 0.3) is 0 Å². The van der Waals surface area contributed by atoms with Gasteiger partial charge in [-0.1, -0.05) is 341 Å². The summed E-state index contributed by atoms with van der Waals surface area (Å²) < 4.78 is 12.7. The molecule has 0 bridgehead atoms. The van der Waals surface area contributed by atoms with Gasteiger partial charge < -0.3 is 8.83 Å². The molecule has 0 radical (unpaired) electrons. The van der Waals surface area contributed by atoms with E-state index < -0.39 is 10.8 Å². The summed E-state index contributed by atoms with van der Waals surface area (Å²) in [6, 6.07) is 138. The first-order chi connectivity index (χ1) is 57.7. The van der Waals surface area contributed by atoms with Gasteiger partial charge in [0.1, 0.15) is 22.3 Å². The highest BCUT2D eigenvalue weighted by molar-refractivity contribution is 6.14. The van der Waals surface area contributed by atoms with E-state index in [9.17, 15) is 0 Å². The summed E-state index contributed by atoms with van der Waals surface area (Å²) in [5, 5.41) is 8.88. The Balaban J connectivity index is 0.000000138. The van der Waals surface area contributed by atoms with E-state index in [0.29, 0.717) is 34.9 Å². The van der Waals surface area contributed by atoms with Crippen LogP contribution in [0.25, 0.3) is 167 Å². The van der Waals surface area contributed by atoms with Crippen molar-refractivity contribution in [3.8, 4) is 102 Å². The van der Waals surface area contributed by atoms with Crippen LogP contribution in [0.1, 0.15) is 69.5 Å². The van der Waals surface area contributed by atoms with E-state index in [1.807, 2.05) is 36.4 Å². The fraction of sp³-hybridized carbons (Fsp3) is 0.0459. The van der Waals surface area contributed by atoms with Gasteiger partial charge in [-0.3, -0.25) is 0 Å². The quantitative estimate of drug-likeness (QED) is 0.125. The third-order valence-corrected chi connectivity index (χ3v) is 24.8. The smallest absolute Gasteiger partial charge is 0.164 e. The van der Waals surface area contributed by atoms with Gasteiger partial charge in [0, 0.05) is 60.3 Å². The van der Waals surface area contributed by atoms with Gasteiger partial charge in [0.15, 0.2) is 34.9 Å². The second-order valence-electron chi connectivity index (χ2n) is 31.4. The summed E-state index contributed by atoms with van der Waals surface area (Å²) >= 11 is 0. The zero-order valence-electron chi connectivity index (χ0n) is 64.0. The Morgan fingerprint density at radius 2 is 0.513 bits per heavy atom. The SMILES string of the molecule is CC1(C)c2ccccc2-c2ccc(-c3nc(-c4cccc(C5(c6ccccc6)c6ccccc6-c6ccccc65)c4)nc(-c4ccc5c(c4)oc4ccccc45)n3)cc21.c1ccc(C2(c3cccc(-c4nc(-c5ccc6c(c5)oc5ccccc56)nc(-c5cc6ccccc6c6ccccc56)n4)c3)c3ccccc3-c3ccccc32)cc1. The number of furan rings is 2. The van der Waals surface area contributed by atoms with Gasteiger partial charge in [-0.25, -0.2) is 29.9 Å². The third-order valence-electron chi connectivity index (χ3n) is 24.8. The number of hydrogen-bond donors (Lipinski definition) is 0. The lowest BCUT2D eigenvalue weighted by atomic mass is 9.67. The normalized spacial score (nSPS) is 13.6. The van der Waals surface area contributed by atoms with Crippen molar-refractivity contribution in [2.45, 2.75) is 30.1 Å². The second-order valence-corrected chi connectivity index (χ2v) is 31.4. The van der Waals surface area contributed by atoms with Gasteiger partial charge >= 0.3 is 0 Å². The predicted octanol–water partition coefficient (Wildman–Crippen LogP) is 26.9. The molecular formula is C109H70N6O2. The lowest BCUT2D eigenvalue weighted by Gasteiger charge is -2.34. The fourth-order valence-electron chi connectivity index (χ4n) is 19.5. The second kappa shape index (κ2) is 26.5. The molecule has 0 spiro atoms. The van der Waals surface area contributed by atoms with Crippen LogP contribution in [0.4, 0.5) is 0 Å². The molecule has 3 aliphatic rings. The van der Waals surface area contributed by atoms with Crippen LogP contribution in [-0.2, 0) is 16.2 Å². The Labute approximate surface area is 675 Å². The van der Waals surface area contributed by atoms with Crippen molar-refractivity contribution in [2.24, 2.45) is 0 Å². The maximum atomic E-state index is 6.36. The molecule has 0 fully saturated rings. The Morgan fingerprint density at radius 1 is 0.188 bits per heavy atom. The van der Waals surface area contributed by atoms with Crippen molar-refractivity contribution in [1.29, 1.82) is 0 Å². The number of hydrogen-bond acceptors (Lipinski definition) is 8. The zero-order chi connectivity index (χ0) is 77.5. The standard InChI is InChI=1S/C55H37N3O.C54H33N3O/c1-54(2)45-23-10-6-19-39(45)42-29-27-35(32-48(42)54)52-56-51(57-53(58-52)36-28-30-44-43-22-9-13-26-49(43)59-50(44)33-36)34-15-14-18-38(31-34)55(37-16-4-3-5-17-37)46-24-11-7-20-40(46)41-21-8-12-25-47(41)55;1-2-17-37(18-3-1)54(47-26-11-8-23-42(47)43-24-9-12-27-48(43)54)38-19-14-16-35(31-38)51-55-52(36-29-30-45-44-25-10-13-28-49(44)58-50(45)33-36)57-53(56-51)46-32-34-15-4-5-20-39(34)40-21-6-7-22-41(40)46/h3-33H,1-2H3;1-33H. The molecule has 8 nitrogen and oxygen atoms in total. The average Bonchev–Trinajstić information content (AvgIpc) is 1.55. The molecule has 117 heavy (non-hydrogen) atoms. The van der Waals surface area contributed by atoms with Crippen LogP contribution in [0, 0.1) is 0 Å². The summed E-state index contributed by atoms with van der Waals surface area (Å²) in [6.45, 7) is 4.61.